The molecule has 2 N–H and O–H groups in total. The van der Waals surface area contributed by atoms with Crippen molar-refractivity contribution < 1.29 is 22.8 Å². The maximum absolute atomic E-state index is 12.8. The number of alkyl halides is 3. The third-order valence-electron chi connectivity index (χ3n) is 3.38. The van der Waals surface area contributed by atoms with Crippen LogP contribution in [0.2, 0.25) is 15.1 Å². The summed E-state index contributed by atoms with van der Waals surface area (Å²) in [5, 5.41) is 6.92. The van der Waals surface area contributed by atoms with E-state index in [-0.39, 0.29) is 29.5 Å². The normalized spacial score (nSPS) is 12.3. The Labute approximate surface area is 166 Å². The van der Waals surface area contributed by atoms with Crippen LogP contribution in [0.4, 0.5) is 13.2 Å². The molecular formula is C15H12Cl3F3N4O2. The summed E-state index contributed by atoms with van der Waals surface area (Å²) in [5.74, 6) is -0.995. The van der Waals surface area contributed by atoms with E-state index in [9.17, 15) is 18.0 Å². The molecule has 27 heavy (non-hydrogen) atoms. The zero-order chi connectivity index (χ0) is 20.4. The molecule has 0 unspecified atom stereocenters. The Morgan fingerprint density at radius 3 is 2.56 bits per heavy atom. The molecule has 0 bridgehead atoms. The first-order valence-electron chi connectivity index (χ1n) is 7.29. The zero-order valence-electron chi connectivity index (χ0n) is 13.6. The van der Waals surface area contributed by atoms with Crippen LogP contribution in [0.5, 0.6) is 0 Å². The summed E-state index contributed by atoms with van der Waals surface area (Å²) in [6.45, 7) is 1.17. The Balaban J connectivity index is 2.01. The highest BCUT2D eigenvalue weighted by atomic mass is 35.5. The number of nitrogens with two attached hydrogens (primary N) is 1. The topological polar surface area (TPSA) is 82.5 Å². The number of aromatic nitrogens is 2. The van der Waals surface area contributed by atoms with Gasteiger partial charge in [0.05, 0.1) is 28.7 Å². The van der Waals surface area contributed by atoms with Crippen molar-refractivity contribution in [3.63, 3.8) is 0 Å². The number of hydrogen-bond donors (Lipinski definition) is 1. The highest BCUT2D eigenvalue weighted by Crippen LogP contribution is 2.35. The fourth-order valence-corrected chi connectivity index (χ4v) is 2.76. The maximum atomic E-state index is 12.8. The minimum atomic E-state index is -4.69. The predicted octanol–water partition coefficient (Wildman–Crippen LogP) is 4.42. The van der Waals surface area contributed by atoms with Crippen molar-refractivity contribution in [3.8, 4) is 0 Å². The van der Waals surface area contributed by atoms with Crippen molar-refractivity contribution in [2.45, 2.75) is 26.1 Å². The molecule has 2 rings (SSSR count). The van der Waals surface area contributed by atoms with Crippen LogP contribution in [0.25, 0.3) is 0 Å². The molecule has 0 amide bonds. The molecule has 6 nitrogen and oxygen atoms in total. The molecule has 0 aliphatic rings. The van der Waals surface area contributed by atoms with Gasteiger partial charge in [0, 0.05) is 10.6 Å². The maximum Gasteiger partial charge on any atom is 0.436 e. The van der Waals surface area contributed by atoms with Gasteiger partial charge in [-0.2, -0.15) is 18.3 Å². The average Bonchev–Trinajstić information content (AvgIpc) is 2.86. The summed E-state index contributed by atoms with van der Waals surface area (Å²) in [5.41, 5.74) is 4.85. The largest absolute Gasteiger partial charge is 0.436 e. The van der Waals surface area contributed by atoms with E-state index >= 15 is 0 Å². The number of aryl methyl sites for hydroxylation is 1. The van der Waals surface area contributed by atoms with Gasteiger partial charge in [-0.05, 0) is 25.1 Å². The molecule has 0 aliphatic heterocycles. The molecule has 0 spiro atoms. The van der Waals surface area contributed by atoms with Crippen LogP contribution < -0.4 is 5.73 Å². The smallest absolute Gasteiger partial charge is 0.380 e. The Bertz CT molecular complexity index is 897. The van der Waals surface area contributed by atoms with Crippen LogP contribution in [0.1, 0.15) is 23.4 Å². The zero-order valence-corrected chi connectivity index (χ0v) is 15.9. The van der Waals surface area contributed by atoms with E-state index in [0.717, 1.165) is 4.68 Å². The van der Waals surface area contributed by atoms with Crippen LogP contribution in [0, 0.1) is 6.92 Å². The first-order valence-corrected chi connectivity index (χ1v) is 8.43. The lowest BCUT2D eigenvalue weighted by atomic mass is 10.2. The number of nitrogens with zero attached hydrogens (tertiary/aromatic N) is 3. The van der Waals surface area contributed by atoms with Gasteiger partial charge in [0.1, 0.15) is 0 Å². The molecule has 0 saturated carbocycles. The molecule has 146 valence electrons. The van der Waals surface area contributed by atoms with Gasteiger partial charge in [-0.25, -0.2) is 4.79 Å². The van der Waals surface area contributed by atoms with E-state index in [1.54, 1.807) is 0 Å². The molecule has 0 aliphatic carbocycles. The number of halogens is 6. The Morgan fingerprint density at radius 1 is 1.33 bits per heavy atom. The van der Waals surface area contributed by atoms with Crippen molar-refractivity contribution in [2.75, 3.05) is 0 Å². The second kappa shape index (κ2) is 8.37. The Kier molecular flexibility index (Phi) is 6.61. The first-order chi connectivity index (χ1) is 12.5. The van der Waals surface area contributed by atoms with E-state index in [1.807, 2.05) is 0 Å². The summed E-state index contributed by atoms with van der Waals surface area (Å²) >= 11 is 17.3. The van der Waals surface area contributed by atoms with E-state index in [4.69, 9.17) is 40.5 Å². The molecular weight excluding hydrogens is 432 g/mol. The van der Waals surface area contributed by atoms with Crippen LogP contribution in [0.15, 0.2) is 23.4 Å². The Morgan fingerprint density at radius 2 is 2.00 bits per heavy atom. The number of oxime groups is 1. The van der Waals surface area contributed by atoms with Gasteiger partial charge >= 0.3 is 12.1 Å². The van der Waals surface area contributed by atoms with Crippen LogP contribution in [-0.4, -0.2) is 21.6 Å². The average molecular weight is 444 g/mol. The monoisotopic (exact) mass is 442 g/mol. The minimum absolute atomic E-state index is 0.0766. The lowest BCUT2D eigenvalue weighted by molar-refractivity contribution is -0.144. The number of amidine groups is 1. The van der Waals surface area contributed by atoms with Gasteiger partial charge in [-0.15, -0.1) is 0 Å². The molecule has 1 aromatic carbocycles. The molecule has 0 saturated heterocycles. The molecule has 0 radical (unpaired) electrons. The lowest BCUT2D eigenvalue weighted by Crippen LogP contribution is -2.16. The van der Waals surface area contributed by atoms with Crippen molar-refractivity contribution >= 4 is 46.6 Å². The molecule has 0 atom stereocenters. The summed E-state index contributed by atoms with van der Waals surface area (Å²) < 4.78 is 39.3. The van der Waals surface area contributed by atoms with Crippen molar-refractivity contribution in [1.29, 1.82) is 0 Å². The summed E-state index contributed by atoms with van der Waals surface area (Å²) in [6, 6.07) is 4.45. The molecule has 12 heteroatoms. The van der Waals surface area contributed by atoms with Crippen molar-refractivity contribution in [2.24, 2.45) is 10.9 Å². The minimum Gasteiger partial charge on any atom is -0.380 e. The Hall–Kier alpha value is -1.97. The number of hydrogen-bond acceptors (Lipinski definition) is 4. The van der Waals surface area contributed by atoms with Gasteiger partial charge in [-0.3, -0.25) is 4.68 Å². The van der Waals surface area contributed by atoms with E-state index in [1.165, 1.54) is 25.1 Å². The van der Waals surface area contributed by atoms with Crippen molar-refractivity contribution in [1.82, 2.24) is 9.78 Å². The van der Waals surface area contributed by atoms with Gasteiger partial charge in [0.25, 0.3) is 0 Å². The lowest BCUT2D eigenvalue weighted by Gasteiger charge is -2.05. The van der Waals surface area contributed by atoms with Crippen LogP contribution in [0.3, 0.4) is 0 Å². The molecule has 2 aromatic rings. The molecule has 1 aromatic heterocycles. The van der Waals surface area contributed by atoms with Gasteiger partial charge in [0.15, 0.2) is 11.5 Å². The fourth-order valence-electron chi connectivity index (χ4n) is 2.01. The van der Waals surface area contributed by atoms with E-state index in [2.05, 4.69) is 15.1 Å². The summed E-state index contributed by atoms with van der Waals surface area (Å²) in [6.07, 6.45) is -4.99. The highest BCUT2D eigenvalue weighted by molar-refractivity contribution is 6.36. The van der Waals surface area contributed by atoms with E-state index < -0.39 is 22.9 Å². The van der Waals surface area contributed by atoms with Crippen LogP contribution in [-0.2, 0) is 22.4 Å². The SMILES string of the molecule is Cc1c(Cl)c(C(F)(F)F)nn1CCC(=O)O/N=C(\N)c1ccc(Cl)cc1Cl. The third kappa shape index (κ3) is 5.27. The first kappa shape index (κ1) is 21.3. The third-order valence-corrected chi connectivity index (χ3v) is 4.38. The van der Waals surface area contributed by atoms with Crippen LogP contribution >= 0.6 is 34.8 Å². The summed E-state index contributed by atoms with van der Waals surface area (Å²) in [4.78, 5) is 16.4. The number of rotatable bonds is 5. The standard InChI is InChI=1S/C15H12Cl3F3N4O2/c1-7-12(18)13(15(19,20)21)23-25(7)5-4-11(26)27-24-14(22)9-3-2-8(16)6-10(9)17/h2-3,6H,4-5H2,1H3,(H2,22,24). The van der Waals surface area contributed by atoms with Gasteiger partial charge in [-0.1, -0.05) is 40.0 Å². The highest BCUT2D eigenvalue weighted by Gasteiger charge is 2.38. The quantitative estimate of drug-likeness (QED) is 0.321. The molecule has 1 heterocycles. The number of carbonyl (C=O) groups excluding carboxylic acids is 1. The van der Waals surface area contributed by atoms with Gasteiger partial charge < -0.3 is 10.6 Å². The van der Waals surface area contributed by atoms with E-state index in [0.29, 0.717) is 10.6 Å². The molecule has 0 fully saturated rings. The second-order valence-corrected chi connectivity index (χ2v) is 6.50. The fraction of sp³-hybridized carbons (Fsp3) is 0.267. The van der Waals surface area contributed by atoms with Crippen molar-refractivity contribution in [3.05, 3.63) is 50.2 Å². The number of carbonyl (C=O) groups is 1. The number of benzene rings is 1. The predicted molar refractivity (Wildman–Crippen MR) is 94.9 cm³/mol. The second-order valence-electron chi connectivity index (χ2n) is 5.28. The summed E-state index contributed by atoms with van der Waals surface area (Å²) in [7, 11) is 0. The van der Waals surface area contributed by atoms with Gasteiger partial charge in [0.2, 0.25) is 0 Å².